The molecule has 0 saturated carbocycles. The number of carbonyl (C=O) groups is 2. The van der Waals surface area contributed by atoms with Crippen molar-refractivity contribution in [3.05, 3.63) is 18.5 Å². The van der Waals surface area contributed by atoms with Crippen LogP contribution in [0.1, 0.15) is 33.6 Å². The molecule has 2 amide bonds. The highest BCUT2D eigenvalue weighted by atomic mass is 16.2. The van der Waals surface area contributed by atoms with Gasteiger partial charge in [0.25, 0.3) is 0 Å². The van der Waals surface area contributed by atoms with Gasteiger partial charge in [-0.1, -0.05) is 13.8 Å². The molecule has 1 saturated heterocycles. The van der Waals surface area contributed by atoms with Crippen LogP contribution in [0.3, 0.4) is 0 Å². The van der Waals surface area contributed by atoms with Crippen LogP contribution in [0.25, 0.3) is 0 Å². The Bertz CT molecular complexity index is 535. The minimum absolute atomic E-state index is 0.0572. The van der Waals surface area contributed by atoms with Gasteiger partial charge in [-0.15, -0.1) is 0 Å². The maximum atomic E-state index is 12.9. The van der Waals surface area contributed by atoms with E-state index in [1.807, 2.05) is 20.8 Å². The Balaban J connectivity index is 2.12. The summed E-state index contributed by atoms with van der Waals surface area (Å²) < 4.78 is 0. The molecule has 0 aliphatic carbocycles. The number of hydrogen-bond acceptors (Lipinski definition) is 5. The zero-order chi connectivity index (χ0) is 16.8. The van der Waals surface area contributed by atoms with Crippen molar-refractivity contribution in [3.63, 3.8) is 0 Å². The topological polar surface area (TPSA) is 87.2 Å². The fourth-order valence-electron chi connectivity index (χ4n) is 2.80. The third kappa shape index (κ3) is 4.18. The molecule has 1 aliphatic heterocycles. The first-order valence-electron chi connectivity index (χ1n) is 8.16. The summed E-state index contributed by atoms with van der Waals surface area (Å²) in [4.78, 5) is 35.0. The summed E-state index contributed by atoms with van der Waals surface area (Å²) in [5.41, 5.74) is 0. The first kappa shape index (κ1) is 17.2. The molecule has 126 valence electrons. The van der Waals surface area contributed by atoms with E-state index in [4.69, 9.17) is 0 Å². The van der Waals surface area contributed by atoms with Crippen molar-refractivity contribution in [2.75, 3.05) is 18.4 Å². The average molecular weight is 319 g/mol. The summed E-state index contributed by atoms with van der Waals surface area (Å²) in [6.07, 6.45) is 4.82. The Labute approximate surface area is 136 Å². The third-order valence-corrected chi connectivity index (χ3v) is 3.97. The molecule has 7 heteroatoms. The lowest BCUT2D eigenvalue weighted by atomic mass is 10.0. The lowest BCUT2D eigenvalue weighted by Crippen LogP contribution is -2.52. The van der Waals surface area contributed by atoms with Crippen molar-refractivity contribution in [1.82, 2.24) is 20.2 Å². The minimum atomic E-state index is -0.451. The monoisotopic (exact) mass is 319 g/mol. The number of carbonyl (C=O) groups excluding carboxylic acids is 2. The molecule has 0 bridgehead atoms. The summed E-state index contributed by atoms with van der Waals surface area (Å²) in [6.45, 7) is 7.00. The number of likely N-dealkylation sites (N-methyl/N-ethyl adjacent to an activating group) is 1. The summed E-state index contributed by atoms with van der Waals surface area (Å²) in [6, 6.07) is 0.901. The highest BCUT2D eigenvalue weighted by molar-refractivity contribution is 5.91. The smallest absolute Gasteiger partial charge is 0.246 e. The van der Waals surface area contributed by atoms with E-state index in [0.717, 1.165) is 6.42 Å². The molecule has 1 aliphatic rings. The van der Waals surface area contributed by atoms with Crippen LogP contribution < -0.4 is 10.6 Å². The van der Waals surface area contributed by atoms with Gasteiger partial charge < -0.3 is 15.5 Å². The average Bonchev–Trinajstić information content (AvgIpc) is 3.02. The molecule has 2 rings (SSSR count). The highest BCUT2D eigenvalue weighted by Crippen LogP contribution is 2.21. The van der Waals surface area contributed by atoms with Crippen LogP contribution in [0.2, 0.25) is 0 Å². The Hall–Kier alpha value is -2.18. The van der Waals surface area contributed by atoms with Gasteiger partial charge in [0.15, 0.2) is 0 Å². The van der Waals surface area contributed by atoms with Gasteiger partial charge in [0, 0.05) is 25.5 Å². The molecule has 0 spiro atoms. The Morgan fingerprint density at radius 3 is 2.65 bits per heavy atom. The first-order valence-corrected chi connectivity index (χ1v) is 8.16. The minimum Gasteiger partial charge on any atom is -0.355 e. The summed E-state index contributed by atoms with van der Waals surface area (Å²) in [5.74, 6) is 0.341. The zero-order valence-electron chi connectivity index (χ0n) is 14.0. The molecule has 7 nitrogen and oxygen atoms in total. The quantitative estimate of drug-likeness (QED) is 0.818. The van der Waals surface area contributed by atoms with Gasteiger partial charge in [-0.25, -0.2) is 9.97 Å². The Kier molecular flexibility index (Phi) is 5.90. The van der Waals surface area contributed by atoms with Crippen LogP contribution in [0, 0.1) is 5.92 Å². The first-order chi connectivity index (χ1) is 11.0. The maximum absolute atomic E-state index is 12.9. The van der Waals surface area contributed by atoms with Crippen LogP contribution in [0.15, 0.2) is 18.5 Å². The van der Waals surface area contributed by atoms with Crippen LogP contribution in [0.4, 0.5) is 5.95 Å². The molecule has 2 atom stereocenters. The van der Waals surface area contributed by atoms with E-state index < -0.39 is 6.04 Å². The lowest BCUT2D eigenvalue weighted by molar-refractivity contribution is -0.139. The van der Waals surface area contributed by atoms with Gasteiger partial charge >= 0.3 is 0 Å². The number of aromatic nitrogens is 2. The number of nitrogens with zero attached hydrogens (tertiary/aromatic N) is 3. The molecule has 0 radical (unpaired) electrons. The number of likely N-dealkylation sites (tertiary alicyclic amines) is 1. The second-order valence-corrected chi connectivity index (χ2v) is 6.02. The van der Waals surface area contributed by atoms with E-state index in [1.54, 1.807) is 23.4 Å². The number of nitrogens with one attached hydrogen (secondary N) is 2. The third-order valence-electron chi connectivity index (χ3n) is 3.97. The summed E-state index contributed by atoms with van der Waals surface area (Å²) in [7, 11) is 0. The highest BCUT2D eigenvalue weighted by Gasteiger charge is 2.38. The number of rotatable bonds is 6. The molecule has 1 aromatic heterocycles. The molecule has 1 fully saturated rings. The number of anilines is 1. The van der Waals surface area contributed by atoms with E-state index in [1.165, 1.54) is 0 Å². The summed E-state index contributed by atoms with van der Waals surface area (Å²) in [5, 5.41) is 5.91. The van der Waals surface area contributed by atoms with Gasteiger partial charge in [0.2, 0.25) is 17.8 Å². The van der Waals surface area contributed by atoms with Gasteiger partial charge in [-0.3, -0.25) is 9.59 Å². The molecular formula is C16H25N5O2. The van der Waals surface area contributed by atoms with Crippen LogP contribution in [-0.4, -0.2) is 51.9 Å². The van der Waals surface area contributed by atoms with E-state index in [-0.39, 0.29) is 23.8 Å². The largest absolute Gasteiger partial charge is 0.355 e. The van der Waals surface area contributed by atoms with Crippen molar-refractivity contribution in [3.8, 4) is 0 Å². The molecule has 2 unspecified atom stereocenters. The van der Waals surface area contributed by atoms with Gasteiger partial charge in [0.1, 0.15) is 12.1 Å². The van der Waals surface area contributed by atoms with Crippen molar-refractivity contribution >= 4 is 17.8 Å². The fraction of sp³-hybridized carbons (Fsp3) is 0.625. The second kappa shape index (κ2) is 7.89. The number of amides is 2. The molecule has 23 heavy (non-hydrogen) atoms. The number of hydrogen-bond donors (Lipinski definition) is 2. The van der Waals surface area contributed by atoms with Gasteiger partial charge in [-0.2, -0.15) is 0 Å². The van der Waals surface area contributed by atoms with E-state index >= 15 is 0 Å². The Morgan fingerprint density at radius 2 is 2.04 bits per heavy atom. The maximum Gasteiger partial charge on any atom is 0.246 e. The second-order valence-electron chi connectivity index (χ2n) is 6.02. The Morgan fingerprint density at radius 1 is 1.35 bits per heavy atom. The van der Waals surface area contributed by atoms with Crippen LogP contribution in [-0.2, 0) is 9.59 Å². The lowest BCUT2D eigenvalue weighted by Gasteiger charge is -2.30. The van der Waals surface area contributed by atoms with Crippen molar-refractivity contribution in [1.29, 1.82) is 0 Å². The van der Waals surface area contributed by atoms with Crippen LogP contribution >= 0.6 is 0 Å². The van der Waals surface area contributed by atoms with E-state index in [0.29, 0.717) is 25.5 Å². The molecule has 2 N–H and O–H groups in total. The molecule has 0 aromatic carbocycles. The predicted octanol–water partition coefficient (Wildman–Crippen LogP) is 1.04. The molecular weight excluding hydrogens is 294 g/mol. The van der Waals surface area contributed by atoms with Gasteiger partial charge in [-0.05, 0) is 31.7 Å². The van der Waals surface area contributed by atoms with Crippen LogP contribution in [0.5, 0.6) is 0 Å². The standard InChI is InChI=1S/C16H25N5O2/c1-4-17-14(22)12-7-5-10-21(12)15(23)13(11(2)3)20-16-18-8-6-9-19-16/h6,8-9,11-13H,4-5,7,10H2,1-3H3,(H,17,22)(H,18,19,20). The van der Waals surface area contributed by atoms with Crippen molar-refractivity contribution < 1.29 is 9.59 Å². The van der Waals surface area contributed by atoms with Gasteiger partial charge in [0.05, 0.1) is 0 Å². The summed E-state index contributed by atoms with van der Waals surface area (Å²) >= 11 is 0. The SMILES string of the molecule is CCNC(=O)C1CCCN1C(=O)C(Nc1ncccn1)C(C)C. The van der Waals surface area contributed by atoms with E-state index in [9.17, 15) is 9.59 Å². The molecule has 1 aromatic rings. The van der Waals surface area contributed by atoms with Crippen molar-refractivity contribution in [2.45, 2.75) is 45.7 Å². The predicted molar refractivity (Wildman–Crippen MR) is 87.7 cm³/mol. The molecule has 2 heterocycles. The zero-order valence-corrected chi connectivity index (χ0v) is 14.0. The van der Waals surface area contributed by atoms with E-state index in [2.05, 4.69) is 20.6 Å². The fourth-order valence-corrected chi connectivity index (χ4v) is 2.80. The normalized spacial score (nSPS) is 18.8. The van der Waals surface area contributed by atoms with Crippen molar-refractivity contribution in [2.24, 2.45) is 5.92 Å².